The van der Waals surface area contributed by atoms with Gasteiger partial charge in [-0.05, 0) is 62.1 Å². The van der Waals surface area contributed by atoms with Gasteiger partial charge in [0.2, 0.25) is 12.6 Å². The third-order valence-corrected chi connectivity index (χ3v) is 20.7. The Balaban J connectivity index is 1.53. The number of aliphatic hydroxyl groups excluding tert-OH is 1. The van der Waals surface area contributed by atoms with Crippen LogP contribution in [0.3, 0.4) is 0 Å². The Bertz CT molecular complexity index is 2560. The standard InChI is InChI=1S/C77H126ClNO17P2/c1-5-9-13-17-21-25-29-33-45-57-84-72-70(68(62-80)92-76(90-64-50-39-37-40-51-64)74(72)86-59-47-35-31-27-23-19-15-11-7-3)96-98(83,88-61-49-56-79)89-63-69-71(95-97(81,82)94-67-55-44-43-54-66(67)78)73(85-58-46-34-30-26-22-18-14-10-6-2)75(77(93-69)91-65-52-41-38-42-53-65)87-60-48-36-32-28-24-20-16-12-8-4/h37-44,50-55,68-77,80H,5-36,45-49,57-63H2,1-4H3,(H,81,82)/t68-,69-,70-,71-,72+,73+,74-,75-,76-,77-,98?/m1/s1. The Labute approximate surface area is 595 Å². The van der Waals surface area contributed by atoms with Crippen LogP contribution in [0.25, 0.3) is 0 Å². The molecule has 21 heteroatoms. The molecule has 12 atom stereocenters. The summed E-state index contributed by atoms with van der Waals surface area (Å²) < 4.78 is 116. The van der Waals surface area contributed by atoms with Gasteiger partial charge < -0.3 is 47.5 Å². The van der Waals surface area contributed by atoms with Crippen LogP contribution in [-0.2, 0) is 55.6 Å². The highest BCUT2D eigenvalue weighted by atomic mass is 35.5. The van der Waals surface area contributed by atoms with Gasteiger partial charge >= 0.3 is 15.6 Å². The predicted octanol–water partition coefficient (Wildman–Crippen LogP) is 20.9. The maximum Gasteiger partial charge on any atom is 0.527 e. The van der Waals surface area contributed by atoms with Gasteiger partial charge in [-0.1, -0.05) is 293 Å². The van der Waals surface area contributed by atoms with Crippen molar-refractivity contribution < 1.29 is 79.6 Å². The minimum atomic E-state index is -5.19. The number of phosphoric ester groups is 2. The molecule has 0 amide bonds. The molecule has 0 radical (unpaired) electrons. The van der Waals surface area contributed by atoms with Crippen molar-refractivity contribution in [1.82, 2.24) is 0 Å². The maximum atomic E-state index is 16.0. The largest absolute Gasteiger partial charge is 0.527 e. The number of phosphoric acid groups is 2. The summed E-state index contributed by atoms with van der Waals surface area (Å²) in [6.45, 7) is 8.16. The minimum Gasteiger partial charge on any atom is -0.462 e. The third-order valence-electron chi connectivity index (χ3n) is 18.0. The van der Waals surface area contributed by atoms with Crippen molar-refractivity contribution in [3.63, 3.8) is 0 Å². The van der Waals surface area contributed by atoms with Gasteiger partial charge in [0.05, 0.1) is 37.3 Å². The van der Waals surface area contributed by atoms with Gasteiger partial charge in [0.15, 0.2) is 0 Å². The molecule has 0 bridgehead atoms. The van der Waals surface area contributed by atoms with Crippen molar-refractivity contribution in [2.24, 2.45) is 0 Å². The van der Waals surface area contributed by atoms with E-state index < -0.39 is 96.9 Å². The van der Waals surface area contributed by atoms with E-state index in [0.29, 0.717) is 37.4 Å². The number of rotatable bonds is 61. The zero-order valence-corrected chi connectivity index (χ0v) is 62.8. The molecule has 558 valence electrons. The summed E-state index contributed by atoms with van der Waals surface area (Å²) in [7, 11) is -10.2. The number of nitrogens with zero attached hydrogens (tertiary/aromatic N) is 1. The Kier molecular flexibility index (Phi) is 46.7. The monoisotopic (exact) mass is 1430 g/mol. The van der Waals surface area contributed by atoms with Crippen LogP contribution < -0.4 is 14.0 Å². The van der Waals surface area contributed by atoms with Crippen LogP contribution in [0.15, 0.2) is 84.9 Å². The molecule has 3 aromatic carbocycles. The molecule has 2 heterocycles. The molecule has 18 nitrogen and oxygen atoms in total. The average molecular weight is 1440 g/mol. The smallest absolute Gasteiger partial charge is 0.462 e. The Hall–Kier alpha value is -3.18. The number of unbranched alkanes of at least 4 members (excludes halogenated alkanes) is 32. The summed E-state index contributed by atoms with van der Waals surface area (Å²) in [5.74, 6) is 0.810. The summed E-state index contributed by atoms with van der Waals surface area (Å²) in [6.07, 6.45) is 26.4. The van der Waals surface area contributed by atoms with Crippen molar-refractivity contribution in [2.45, 2.75) is 327 Å². The van der Waals surface area contributed by atoms with Gasteiger partial charge in [0, 0.05) is 26.4 Å². The lowest BCUT2D eigenvalue weighted by atomic mass is 9.98. The SMILES string of the molecule is CCCCCCCCCCCO[C@@H]1[C@@H](OCCCCCCCCCCC)[C@H](Oc2ccccc2)O[C@H](COP(=O)(OCCC#N)O[C@H]2[C@H](OCCCCCCCCCCC)[C@@H](OCCCCCCCCCCC)[C@H](Oc3ccccc3)O[C@@H]2CO)[C@H]1OP(=O)(O)Oc1ccccc1Cl. The van der Waals surface area contributed by atoms with E-state index in [1.165, 1.54) is 134 Å². The van der Waals surface area contributed by atoms with E-state index in [0.717, 1.165) is 89.9 Å². The molecule has 2 unspecified atom stereocenters. The molecule has 3 aromatic rings. The van der Waals surface area contributed by atoms with Crippen LogP contribution in [0.5, 0.6) is 17.2 Å². The van der Waals surface area contributed by atoms with Gasteiger partial charge in [-0.2, -0.15) is 5.26 Å². The lowest BCUT2D eigenvalue weighted by molar-refractivity contribution is -0.296. The Morgan fingerprint density at radius 2 is 0.776 bits per heavy atom. The van der Waals surface area contributed by atoms with E-state index in [4.69, 9.17) is 72.1 Å². The molecule has 0 saturated carbocycles. The van der Waals surface area contributed by atoms with Gasteiger partial charge in [-0.25, -0.2) is 9.13 Å². The summed E-state index contributed by atoms with van der Waals surface area (Å²) in [4.78, 5) is 11.9. The first-order chi connectivity index (χ1) is 48.0. The molecule has 2 N–H and O–H groups in total. The number of nitriles is 1. The topological polar surface area (TPSA) is 218 Å². The maximum absolute atomic E-state index is 16.0. The number of hydrogen-bond donors (Lipinski definition) is 2. The van der Waals surface area contributed by atoms with Gasteiger partial charge in [0.1, 0.15) is 66.1 Å². The quantitative estimate of drug-likeness (QED) is 0.0396. The first kappa shape index (κ1) is 85.5. The number of hydrogen-bond acceptors (Lipinski definition) is 17. The zero-order chi connectivity index (χ0) is 70.0. The molecule has 5 rings (SSSR count). The molecule has 0 aliphatic carbocycles. The van der Waals surface area contributed by atoms with Crippen molar-refractivity contribution in [3.8, 4) is 23.3 Å². The first-order valence-electron chi connectivity index (χ1n) is 38.2. The molecule has 2 fully saturated rings. The van der Waals surface area contributed by atoms with Gasteiger partial charge in [-0.3, -0.25) is 23.0 Å². The number of para-hydroxylation sites is 3. The van der Waals surface area contributed by atoms with E-state index in [-0.39, 0.29) is 37.0 Å². The van der Waals surface area contributed by atoms with E-state index in [2.05, 4.69) is 33.8 Å². The van der Waals surface area contributed by atoms with E-state index in [9.17, 15) is 19.8 Å². The number of aliphatic hydroxyl groups is 1. The van der Waals surface area contributed by atoms with E-state index in [1.54, 1.807) is 36.4 Å². The number of ether oxygens (including phenoxy) is 8. The normalized spacial score (nSPS) is 22.3. The predicted molar refractivity (Wildman–Crippen MR) is 388 cm³/mol. The molecule has 0 spiro atoms. The zero-order valence-electron chi connectivity index (χ0n) is 60.2. The van der Waals surface area contributed by atoms with Crippen LogP contribution >= 0.6 is 27.2 Å². The highest BCUT2D eigenvalue weighted by Crippen LogP contribution is 2.55. The molecular formula is C77H126ClNO17P2. The van der Waals surface area contributed by atoms with Crippen LogP contribution in [0.4, 0.5) is 0 Å². The van der Waals surface area contributed by atoms with E-state index in [1.807, 2.05) is 36.4 Å². The summed E-state index contributed by atoms with van der Waals surface area (Å²) in [6, 6.07) is 26.5. The molecule has 98 heavy (non-hydrogen) atoms. The van der Waals surface area contributed by atoms with Crippen molar-refractivity contribution in [2.75, 3.05) is 46.2 Å². The Morgan fingerprint density at radius 3 is 1.15 bits per heavy atom. The van der Waals surface area contributed by atoms with Crippen LogP contribution in [-0.4, -0.2) is 118 Å². The van der Waals surface area contributed by atoms with Crippen molar-refractivity contribution in [1.29, 1.82) is 5.26 Å². The second-order valence-corrected chi connectivity index (χ2v) is 29.8. The average Bonchev–Trinajstić information content (AvgIpc) is 0.783. The van der Waals surface area contributed by atoms with Gasteiger partial charge in [0.25, 0.3) is 0 Å². The fourth-order valence-electron chi connectivity index (χ4n) is 12.4. The number of benzene rings is 3. The summed E-state index contributed by atoms with van der Waals surface area (Å²) in [5, 5.41) is 21.3. The van der Waals surface area contributed by atoms with Crippen LogP contribution in [0.1, 0.15) is 265 Å². The fraction of sp³-hybridized carbons (Fsp3) is 0.753. The fourth-order valence-corrected chi connectivity index (χ4v) is 15.1. The molecule has 2 aliphatic rings. The second-order valence-electron chi connectivity index (χ2n) is 26.4. The third kappa shape index (κ3) is 35.3. The summed E-state index contributed by atoms with van der Waals surface area (Å²) in [5.41, 5.74) is 0. The van der Waals surface area contributed by atoms with E-state index >= 15 is 4.57 Å². The lowest BCUT2D eigenvalue weighted by Crippen LogP contribution is -2.63. The van der Waals surface area contributed by atoms with Crippen LogP contribution in [0, 0.1) is 11.3 Å². The second kappa shape index (κ2) is 53.6. The van der Waals surface area contributed by atoms with Crippen molar-refractivity contribution in [3.05, 3.63) is 90.0 Å². The number of halogens is 1. The highest BCUT2D eigenvalue weighted by molar-refractivity contribution is 7.48. The Morgan fingerprint density at radius 1 is 0.429 bits per heavy atom. The highest BCUT2D eigenvalue weighted by Gasteiger charge is 2.55. The molecule has 0 aromatic heterocycles. The molecule has 2 aliphatic heterocycles. The lowest BCUT2D eigenvalue weighted by Gasteiger charge is -2.46. The molecule has 2 saturated heterocycles. The first-order valence-corrected chi connectivity index (χ1v) is 41.5. The van der Waals surface area contributed by atoms with Crippen LogP contribution in [0.2, 0.25) is 5.02 Å². The summed E-state index contributed by atoms with van der Waals surface area (Å²) >= 11 is 6.54. The molecular weight excluding hydrogens is 1310 g/mol. The minimum absolute atomic E-state index is 0.0619. The van der Waals surface area contributed by atoms with Gasteiger partial charge in [-0.15, -0.1) is 0 Å². The van der Waals surface area contributed by atoms with Crippen molar-refractivity contribution >= 4 is 27.2 Å².